The normalized spacial score (nSPS) is 22.7. The van der Waals surface area contributed by atoms with E-state index in [-0.39, 0.29) is 41.3 Å². The lowest BCUT2D eigenvalue weighted by molar-refractivity contribution is -0.137. The average molecular weight is 556 g/mol. The number of nitrogens with zero attached hydrogens (tertiary/aromatic N) is 2. The van der Waals surface area contributed by atoms with E-state index in [2.05, 4.69) is 25.2 Å². The fourth-order valence-corrected chi connectivity index (χ4v) is 6.39. The summed E-state index contributed by atoms with van der Waals surface area (Å²) in [5.41, 5.74) is 5.31. The summed E-state index contributed by atoms with van der Waals surface area (Å²) in [5, 5.41) is 2.33. The minimum Gasteiger partial charge on any atom is -0.338 e. The Morgan fingerprint density at radius 1 is 1.05 bits per heavy atom. The van der Waals surface area contributed by atoms with Crippen LogP contribution in [-0.2, 0) is 20.9 Å². The molecular weight excluding hydrogens is 521 g/mol. The average Bonchev–Trinajstić information content (AvgIpc) is 3.22. The maximum absolute atomic E-state index is 13.6. The van der Waals surface area contributed by atoms with Crippen LogP contribution in [0.15, 0.2) is 54.1 Å². The molecule has 0 radical (unpaired) electrons. The third-order valence-corrected chi connectivity index (χ3v) is 8.83. The summed E-state index contributed by atoms with van der Waals surface area (Å²) in [5.74, 6) is -0.858. The summed E-state index contributed by atoms with van der Waals surface area (Å²) < 4.78 is 13.6. The summed E-state index contributed by atoms with van der Waals surface area (Å²) in [6.45, 7) is 6.06. The van der Waals surface area contributed by atoms with Gasteiger partial charge in [-0.3, -0.25) is 24.5 Å². The van der Waals surface area contributed by atoms with Crippen LogP contribution >= 0.6 is 0 Å². The molecule has 0 spiro atoms. The van der Waals surface area contributed by atoms with Crippen LogP contribution in [0.25, 0.3) is 11.6 Å². The van der Waals surface area contributed by atoms with E-state index >= 15 is 0 Å². The topological polar surface area (TPSA) is 86.8 Å². The van der Waals surface area contributed by atoms with Gasteiger partial charge in [0.25, 0.3) is 5.91 Å². The molecule has 8 heteroatoms. The number of benzene rings is 2. The number of allylic oxidation sites excluding steroid dienone is 1. The molecule has 1 N–H and O–H groups in total. The molecule has 2 saturated heterocycles. The van der Waals surface area contributed by atoms with Crippen LogP contribution in [0, 0.1) is 17.2 Å². The zero-order valence-corrected chi connectivity index (χ0v) is 23.4. The van der Waals surface area contributed by atoms with E-state index in [1.807, 2.05) is 23.1 Å². The van der Waals surface area contributed by atoms with E-state index in [1.165, 1.54) is 12.1 Å². The first-order valence-corrected chi connectivity index (χ1v) is 14.3. The van der Waals surface area contributed by atoms with Crippen molar-refractivity contribution in [3.63, 3.8) is 0 Å². The highest BCUT2D eigenvalue weighted by Crippen LogP contribution is 2.44. The van der Waals surface area contributed by atoms with Crippen LogP contribution in [0.1, 0.15) is 73.0 Å². The molecule has 7 nitrogen and oxygen atoms in total. The number of fused-ring (bicyclic) bond motifs is 1. The third kappa shape index (κ3) is 5.35. The number of carbonyl (C=O) groups is 4. The molecule has 2 aromatic rings. The Bertz CT molecular complexity index is 1500. The van der Waals surface area contributed by atoms with Crippen molar-refractivity contribution in [2.45, 2.75) is 58.5 Å². The van der Waals surface area contributed by atoms with E-state index in [1.54, 1.807) is 23.1 Å². The monoisotopic (exact) mass is 555 g/mol. The molecule has 4 aliphatic rings. The van der Waals surface area contributed by atoms with Gasteiger partial charge >= 0.3 is 0 Å². The minimum absolute atomic E-state index is 0.0778. The first-order valence-electron chi connectivity index (χ1n) is 14.3. The largest absolute Gasteiger partial charge is 0.338 e. The molecule has 41 heavy (non-hydrogen) atoms. The van der Waals surface area contributed by atoms with Crippen LogP contribution in [0.2, 0.25) is 0 Å². The van der Waals surface area contributed by atoms with Gasteiger partial charge < -0.3 is 9.80 Å². The van der Waals surface area contributed by atoms with Gasteiger partial charge in [0.2, 0.25) is 17.7 Å². The highest BCUT2D eigenvalue weighted by atomic mass is 19.1. The lowest BCUT2D eigenvalue weighted by atomic mass is 9.72. The standard InChI is InChI=1S/C33H34FN3O4/c1-33(2)14-13-26(27(16-33)22-6-8-24(34)9-7-22)31(40)36-17-21(18-36)4-3-20-5-10-25-23(15-20)19-37(32(25)41)28-11-12-29(38)35-30(28)39/h3-10,15,21,28H,11-14,16-19H2,1-2H3,(H,35,38,39). The number of nitrogens with one attached hydrogen (secondary N) is 1. The molecule has 2 aromatic carbocycles. The van der Waals surface area contributed by atoms with Crippen LogP contribution < -0.4 is 5.32 Å². The van der Waals surface area contributed by atoms with Crippen molar-refractivity contribution in [2.75, 3.05) is 13.1 Å². The molecule has 1 unspecified atom stereocenters. The van der Waals surface area contributed by atoms with Crippen LogP contribution in [0.4, 0.5) is 4.39 Å². The second kappa shape index (κ2) is 10.4. The van der Waals surface area contributed by atoms with Crippen molar-refractivity contribution in [1.82, 2.24) is 15.1 Å². The van der Waals surface area contributed by atoms with E-state index in [0.717, 1.165) is 47.1 Å². The van der Waals surface area contributed by atoms with Gasteiger partial charge in [0.15, 0.2) is 0 Å². The van der Waals surface area contributed by atoms with Gasteiger partial charge in [-0.05, 0) is 77.6 Å². The van der Waals surface area contributed by atoms with Crippen molar-refractivity contribution in [1.29, 1.82) is 0 Å². The quantitative estimate of drug-likeness (QED) is 0.541. The Balaban J connectivity index is 1.10. The van der Waals surface area contributed by atoms with E-state index in [4.69, 9.17) is 0 Å². The molecule has 3 aliphatic heterocycles. The molecule has 0 saturated carbocycles. The molecule has 2 fully saturated rings. The van der Waals surface area contributed by atoms with Crippen LogP contribution in [-0.4, -0.2) is 52.6 Å². The summed E-state index contributed by atoms with van der Waals surface area (Å²) in [6, 6.07) is 11.5. The first-order chi connectivity index (χ1) is 19.6. The highest BCUT2D eigenvalue weighted by molar-refractivity contribution is 6.05. The predicted molar refractivity (Wildman–Crippen MR) is 153 cm³/mol. The number of piperidine rings is 1. The van der Waals surface area contributed by atoms with Crippen LogP contribution in [0.5, 0.6) is 0 Å². The lowest BCUT2D eigenvalue weighted by Crippen LogP contribution is -2.52. The Labute approximate surface area is 239 Å². The third-order valence-electron chi connectivity index (χ3n) is 8.83. The van der Waals surface area contributed by atoms with E-state index in [9.17, 15) is 23.6 Å². The number of amides is 4. The summed E-state index contributed by atoms with van der Waals surface area (Å²) >= 11 is 0. The molecule has 0 bridgehead atoms. The number of halogens is 1. The number of carbonyl (C=O) groups excluding carboxylic acids is 4. The maximum atomic E-state index is 13.6. The van der Waals surface area contributed by atoms with Gasteiger partial charge in [-0.2, -0.15) is 0 Å². The summed E-state index contributed by atoms with van der Waals surface area (Å²) in [7, 11) is 0. The van der Waals surface area contributed by atoms with E-state index < -0.39 is 11.9 Å². The van der Waals surface area contributed by atoms with E-state index in [0.29, 0.717) is 31.6 Å². The smallest absolute Gasteiger partial charge is 0.255 e. The molecule has 1 atom stereocenters. The fourth-order valence-electron chi connectivity index (χ4n) is 6.39. The molecule has 3 heterocycles. The Morgan fingerprint density at radius 2 is 1.80 bits per heavy atom. The second-order valence-electron chi connectivity index (χ2n) is 12.5. The molecule has 6 rings (SSSR count). The molecule has 212 valence electrons. The number of rotatable bonds is 5. The molecule has 0 aromatic heterocycles. The molecular formula is C33H34FN3O4. The number of hydrogen-bond acceptors (Lipinski definition) is 4. The fraction of sp³-hybridized carbons (Fsp3) is 0.394. The lowest BCUT2D eigenvalue weighted by Gasteiger charge is -2.41. The van der Waals surface area contributed by atoms with Crippen molar-refractivity contribution < 1.29 is 23.6 Å². The molecule has 1 aliphatic carbocycles. The number of likely N-dealkylation sites (tertiary alicyclic amines) is 1. The van der Waals surface area contributed by atoms with Crippen molar-refractivity contribution >= 4 is 35.3 Å². The van der Waals surface area contributed by atoms with Crippen molar-refractivity contribution in [3.05, 3.63) is 82.2 Å². The second-order valence-corrected chi connectivity index (χ2v) is 12.5. The summed E-state index contributed by atoms with van der Waals surface area (Å²) in [6.07, 6.45) is 7.16. The zero-order chi connectivity index (χ0) is 28.9. The summed E-state index contributed by atoms with van der Waals surface area (Å²) in [4.78, 5) is 53.7. The SMILES string of the molecule is CC1(C)CCC(C(=O)N2CC(C=Cc3ccc4c(c3)CN(C3CCC(=O)NC3=O)C4=O)C2)=C(c2ccc(F)cc2)C1. The van der Waals surface area contributed by atoms with Gasteiger partial charge in [-0.25, -0.2) is 4.39 Å². The van der Waals surface area contributed by atoms with Gasteiger partial charge in [-0.1, -0.05) is 44.2 Å². The first kappa shape index (κ1) is 27.1. The Morgan fingerprint density at radius 3 is 2.54 bits per heavy atom. The van der Waals surface area contributed by atoms with Gasteiger partial charge in [0.05, 0.1) is 0 Å². The Kier molecular flexibility index (Phi) is 6.88. The maximum Gasteiger partial charge on any atom is 0.255 e. The molecule has 4 amide bonds. The zero-order valence-electron chi connectivity index (χ0n) is 23.4. The van der Waals surface area contributed by atoms with Crippen molar-refractivity contribution in [2.24, 2.45) is 11.3 Å². The number of hydrogen-bond donors (Lipinski definition) is 1. The van der Waals surface area contributed by atoms with Crippen LogP contribution in [0.3, 0.4) is 0 Å². The van der Waals surface area contributed by atoms with Gasteiger partial charge in [0.1, 0.15) is 11.9 Å². The minimum atomic E-state index is -0.626. The van der Waals surface area contributed by atoms with Gasteiger partial charge in [-0.15, -0.1) is 0 Å². The highest BCUT2D eigenvalue weighted by Gasteiger charge is 2.39. The van der Waals surface area contributed by atoms with Gasteiger partial charge in [0, 0.05) is 43.1 Å². The predicted octanol–water partition coefficient (Wildman–Crippen LogP) is 4.72. The Hall–Kier alpha value is -4.07. The van der Waals surface area contributed by atoms with Crippen molar-refractivity contribution in [3.8, 4) is 0 Å². The number of imide groups is 1.